The van der Waals surface area contributed by atoms with Crippen LogP contribution in [-0.2, 0) is 11.3 Å². The van der Waals surface area contributed by atoms with Crippen LogP contribution in [-0.4, -0.2) is 25.1 Å². The normalized spacial score (nSPS) is 18.7. The molecular weight excluding hydrogens is 322 g/mol. The number of ether oxygens (including phenoxy) is 1. The Morgan fingerprint density at radius 3 is 2.95 bits per heavy atom. The van der Waals surface area contributed by atoms with Gasteiger partial charge in [-0.05, 0) is 18.2 Å². The summed E-state index contributed by atoms with van der Waals surface area (Å²) in [7, 11) is 0. The molecule has 2 N–H and O–H groups in total. The highest BCUT2D eigenvalue weighted by atomic mass is 79.9. The molecule has 4 nitrogen and oxygen atoms in total. The minimum Gasteiger partial charge on any atom is -0.434 e. The maximum absolute atomic E-state index is 12.3. The highest BCUT2D eigenvalue weighted by Gasteiger charge is 2.21. The van der Waals surface area contributed by atoms with Gasteiger partial charge in [0.05, 0.1) is 0 Å². The fourth-order valence-corrected chi connectivity index (χ4v) is 2.31. The number of amides is 1. The van der Waals surface area contributed by atoms with Gasteiger partial charge in [-0.15, -0.1) is 0 Å². The molecule has 0 saturated carbocycles. The van der Waals surface area contributed by atoms with Crippen molar-refractivity contribution >= 4 is 21.8 Å². The summed E-state index contributed by atoms with van der Waals surface area (Å²) in [5, 5.41) is 5.84. The second kappa shape index (κ2) is 6.29. The zero-order valence-electron chi connectivity index (χ0n) is 9.96. The number of carbonyl (C=O) groups is 1. The van der Waals surface area contributed by atoms with E-state index >= 15 is 0 Å². The van der Waals surface area contributed by atoms with E-state index in [4.69, 9.17) is 0 Å². The number of halogens is 3. The van der Waals surface area contributed by atoms with Crippen molar-refractivity contribution in [1.29, 1.82) is 0 Å². The Morgan fingerprint density at radius 2 is 2.32 bits per heavy atom. The summed E-state index contributed by atoms with van der Waals surface area (Å²) in [6.45, 7) is -1.94. The summed E-state index contributed by atoms with van der Waals surface area (Å²) in [4.78, 5) is 11.0. The molecule has 1 heterocycles. The van der Waals surface area contributed by atoms with E-state index in [9.17, 15) is 13.6 Å². The molecule has 1 saturated heterocycles. The van der Waals surface area contributed by atoms with Crippen LogP contribution in [0.1, 0.15) is 12.0 Å². The van der Waals surface area contributed by atoms with Crippen molar-refractivity contribution in [2.75, 3.05) is 6.54 Å². The van der Waals surface area contributed by atoms with Crippen LogP contribution in [0.25, 0.3) is 0 Å². The summed E-state index contributed by atoms with van der Waals surface area (Å²) in [6.07, 6.45) is 0.402. The van der Waals surface area contributed by atoms with E-state index < -0.39 is 6.61 Å². The third-order valence-corrected chi connectivity index (χ3v) is 3.29. The molecule has 0 spiro atoms. The molecule has 0 radical (unpaired) electrons. The second-order valence-corrected chi connectivity index (χ2v) is 5.13. The fraction of sp³-hybridized carbons (Fsp3) is 0.417. The monoisotopic (exact) mass is 334 g/mol. The molecule has 104 valence electrons. The predicted molar refractivity (Wildman–Crippen MR) is 69.0 cm³/mol. The summed E-state index contributed by atoms with van der Waals surface area (Å²) in [5.41, 5.74) is 0.619. The van der Waals surface area contributed by atoms with E-state index in [1.807, 2.05) is 0 Å². The van der Waals surface area contributed by atoms with Gasteiger partial charge >= 0.3 is 6.61 Å². The van der Waals surface area contributed by atoms with Crippen LogP contribution in [0.2, 0.25) is 0 Å². The first-order valence-corrected chi connectivity index (χ1v) is 6.57. The van der Waals surface area contributed by atoms with Crippen LogP contribution < -0.4 is 15.4 Å². The topological polar surface area (TPSA) is 50.4 Å². The van der Waals surface area contributed by atoms with Crippen LogP contribution in [0, 0.1) is 0 Å². The fourth-order valence-electron chi connectivity index (χ4n) is 1.90. The maximum atomic E-state index is 12.3. The molecule has 1 atom stereocenters. The van der Waals surface area contributed by atoms with Gasteiger partial charge in [0.1, 0.15) is 5.75 Å². The van der Waals surface area contributed by atoms with Crippen molar-refractivity contribution in [3.63, 3.8) is 0 Å². The summed E-state index contributed by atoms with van der Waals surface area (Å²) >= 11 is 3.29. The molecule has 19 heavy (non-hydrogen) atoms. The number of nitrogens with one attached hydrogen (secondary N) is 2. The highest BCUT2D eigenvalue weighted by molar-refractivity contribution is 9.10. The van der Waals surface area contributed by atoms with Gasteiger partial charge in [-0.25, -0.2) is 0 Å². The van der Waals surface area contributed by atoms with E-state index in [1.54, 1.807) is 12.1 Å². The third-order valence-electron chi connectivity index (χ3n) is 2.80. The van der Waals surface area contributed by atoms with Crippen LogP contribution in [0.5, 0.6) is 5.75 Å². The van der Waals surface area contributed by atoms with Crippen molar-refractivity contribution < 1.29 is 18.3 Å². The number of benzene rings is 1. The Morgan fingerprint density at radius 1 is 1.53 bits per heavy atom. The lowest BCUT2D eigenvalue weighted by molar-refractivity contribution is -0.119. The molecule has 1 aromatic rings. The quantitative estimate of drug-likeness (QED) is 0.866. The third kappa shape index (κ3) is 4.14. The van der Waals surface area contributed by atoms with E-state index in [-0.39, 0.29) is 17.7 Å². The van der Waals surface area contributed by atoms with Gasteiger partial charge in [-0.2, -0.15) is 8.78 Å². The van der Waals surface area contributed by atoms with Crippen molar-refractivity contribution in [3.8, 4) is 5.75 Å². The van der Waals surface area contributed by atoms with Gasteiger partial charge in [0, 0.05) is 35.6 Å². The molecule has 2 rings (SSSR count). The summed E-state index contributed by atoms with van der Waals surface area (Å²) < 4.78 is 29.8. The first-order valence-electron chi connectivity index (χ1n) is 5.78. The van der Waals surface area contributed by atoms with Gasteiger partial charge in [0.2, 0.25) is 5.91 Å². The number of alkyl halides is 2. The number of carbonyl (C=O) groups excluding carboxylic acids is 1. The molecule has 1 unspecified atom stereocenters. The zero-order valence-corrected chi connectivity index (χ0v) is 11.5. The molecule has 0 bridgehead atoms. The second-order valence-electron chi connectivity index (χ2n) is 4.22. The molecule has 1 aromatic carbocycles. The largest absolute Gasteiger partial charge is 0.434 e. The van der Waals surface area contributed by atoms with E-state index in [2.05, 4.69) is 31.3 Å². The van der Waals surface area contributed by atoms with Gasteiger partial charge in [0.25, 0.3) is 0 Å². The molecule has 1 amide bonds. The predicted octanol–water partition coefficient (Wildman–Crippen LogP) is 2.03. The lowest BCUT2D eigenvalue weighted by Crippen LogP contribution is -2.30. The Kier molecular flexibility index (Phi) is 4.71. The Labute approximate surface area is 117 Å². The SMILES string of the molecule is O=C1CC(NCc2cc(Br)ccc2OC(F)F)CN1. The average molecular weight is 335 g/mol. The van der Waals surface area contributed by atoms with Crippen LogP contribution in [0.15, 0.2) is 22.7 Å². The minimum atomic E-state index is -2.85. The van der Waals surface area contributed by atoms with Gasteiger partial charge in [0.15, 0.2) is 0 Å². The van der Waals surface area contributed by atoms with Crippen molar-refractivity contribution in [1.82, 2.24) is 10.6 Å². The maximum Gasteiger partial charge on any atom is 0.387 e. The van der Waals surface area contributed by atoms with Crippen LogP contribution >= 0.6 is 15.9 Å². The molecule has 1 fully saturated rings. The number of hydrogen-bond donors (Lipinski definition) is 2. The Hall–Kier alpha value is -1.21. The molecule has 0 aliphatic carbocycles. The average Bonchev–Trinajstić information content (AvgIpc) is 2.75. The minimum absolute atomic E-state index is 0.00389. The zero-order chi connectivity index (χ0) is 13.8. The molecular formula is C12H13BrF2N2O2. The smallest absolute Gasteiger partial charge is 0.387 e. The Bertz CT molecular complexity index is 471. The van der Waals surface area contributed by atoms with Crippen molar-refractivity contribution in [2.24, 2.45) is 0 Å². The first-order chi connectivity index (χ1) is 9.04. The van der Waals surface area contributed by atoms with Gasteiger partial charge in [-0.3, -0.25) is 4.79 Å². The number of rotatable bonds is 5. The lowest BCUT2D eigenvalue weighted by atomic mass is 10.1. The molecule has 0 aromatic heterocycles. The summed E-state index contributed by atoms with van der Waals surface area (Å²) in [6, 6.07) is 4.87. The lowest BCUT2D eigenvalue weighted by Gasteiger charge is -2.14. The van der Waals surface area contributed by atoms with E-state index in [0.717, 1.165) is 4.47 Å². The Balaban J connectivity index is 2.01. The molecule has 1 aliphatic rings. The first kappa shape index (κ1) is 14.2. The number of hydrogen-bond acceptors (Lipinski definition) is 3. The molecule has 7 heteroatoms. The van der Waals surface area contributed by atoms with Crippen LogP contribution in [0.4, 0.5) is 8.78 Å². The van der Waals surface area contributed by atoms with E-state index in [0.29, 0.717) is 25.1 Å². The summed E-state index contributed by atoms with van der Waals surface area (Å²) in [5.74, 6) is 0.138. The standard InChI is InChI=1S/C12H13BrF2N2O2/c13-8-1-2-10(19-12(14)15)7(3-8)5-16-9-4-11(18)17-6-9/h1-3,9,12,16H,4-6H2,(H,17,18). The van der Waals surface area contributed by atoms with Crippen molar-refractivity contribution in [3.05, 3.63) is 28.2 Å². The molecule has 1 aliphatic heterocycles. The highest BCUT2D eigenvalue weighted by Crippen LogP contribution is 2.25. The van der Waals surface area contributed by atoms with Crippen LogP contribution in [0.3, 0.4) is 0 Å². The van der Waals surface area contributed by atoms with Gasteiger partial charge in [-0.1, -0.05) is 15.9 Å². The van der Waals surface area contributed by atoms with Crippen molar-refractivity contribution in [2.45, 2.75) is 25.6 Å². The van der Waals surface area contributed by atoms with Gasteiger partial charge < -0.3 is 15.4 Å². The van der Waals surface area contributed by atoms with E-state index in [1.165, 1.54) is 6.07 Å².